The first-order valence-electron chi connectivity index (χ1n) is 8.95. The fourth-order valence-electron chi connectivity index (χ4n) is 3.06. The third kappa shape index (κ3) is 4.14. The highest BCUT2D eigenvalue weighted by molar-refractivity contribution is 9.10. The molecule has 0 fully saturated rings. The van der Waals surface area contributed by atoms with Crippen LogP contribution in [0, 0.1) is 0 Å². The number of fused-ring (bicyclic) bond motifs is 1. The van der Waals surface area contributed by atoms with Gasteiger partial charge in [0.05, 0.1) is 11.9 Å². The van der Waals surface area contributed by atoms with E-state index in [-0.39, 0.29) is 12.5 Å². The molecule has 0 saturated carbocycles. The molecule has 0 spiro atoms. The number of nitrogens with one attached hydrogen (secondary N) is 1. The quantitative estimate of drug-likeness (QED) is 0.655. The summed E-state index contributed by atoms with van der Waals surface area (Å²) >= 11 is 3.40. The van der Waals surface area contributed by atoms with Gasteiger partial charge in [0.25, 0.3) is 5.91 Å². The maximum Gasteiger partial charge on any atom is 0.342 e. The number of anilines is 1. The molecule has 3 heterocycles. The summed E-state index contributed by atoms with van der Waals surface area (Å²) in [6.45, 7) is 0.0333. The predicted molar refractivity (Wildman–Crippen MR) is 110 cm³/mol. The van der Waals surface area contributed by atoms with Crippen LogP contribution in [0.4, 0.5) is 10.5 Å². The number of benzene rings is 1. The summed E-state index contributed by atoms with van der Waals surface area (Å²) < 4.78 is 7.75. The maximum atomic E-state index is 12.8. The Labute approximate surface area is 175 Å². The summed E-state index contributed by atoms with van der Waals surface area (Å²) in [6, 6.07) is 9.75. The van der Waals surface area contributed by atoms with Crippen molar-refractivity contribution < 1.29 is 14.3 Å². The van der Waals surface area contributed by atoms with Crippen LogP contribution in [0.25, 0.3) is 0 Å². The second-order valence-electron chi connectivity index (χ2n) is 6.61. The molecule has 2 amide bonds. The smallest absolute Gasteiger partial charge is 0.342 e. The van der Waals surface area contributed by atoms with Crippen LogP contribution in [0.3, 0.4) is 0 Å². The molecule has 4 rings (SSSR count). The Hall–Kier alpha value is -3.20. The number of nitrogens with zero attached hydrogens (tertiary/aromatic N) is 4. The van der Waals surface area contributed by atoms with E-state index in [1.54, 1.807) is 37.8 Å². The first-order chi connectivity index (χ1) is 14.0. The number of hydrogen-bond acceptors (Lipinski definition) is 5. The SMILES string of the molecule is CN1C(=O)C(NC(=O)n2cc(Cc3ccccn3)cn2)COc2ccc(Br)cc21. The Balaban J connectivity index is 1.45. The van der Waals surface area contributed by atoms with Crippen molar-refractivity contribution in [3.8, 4) is 5.75 Å². The summed E-state index contributed by atoms with van der Waals surface area (Å²) in [5.74, 6) is 0.314. The number of pyridine rings is 1. The Morgan fingerprint density at radius 2 is 2.21 bits per heavy atom. The largest absolute Gasteiger partial charge is 0.489 e. The zero-order valence-corrected chi connectivity index (χ0v) is 17.2. The predicted octanol–water partition coefficient (Wildman–Crippen LogP) is 2.61. The first kappa shape index (κ1) is 19.1. The average Bonchev–Trinajstić information content (AvgIpc) is 3.16. The molecular formula is C20H18BrN5O3. The van der Waals surface area contributed by atoms with Gasteiger partial charge < -0.3 is 15.0 Å². The average molecular weight is 456 g/mol. The lowest BCUT2D eigenvalue weighted by atomic mass is 10.2. The van der Waals surface area contributed by atoms with Gasteiger partial charge in [0.15, 0.2) is 0 Å². The van der Waals surface area contributed by atoms with E-state index >= 15 is 0 Å². The zero-order chi connectivity index (χ0) is 20.4. The topological polar surface area (TPSA) is 89.4 Å². The minimum atomic E-state index is -0.831. The molecule has 148 valence electrons. The number of carbonyl (C=O) groups excluding carboxylic acids is 2. The van der Waals surface area contributed by atoms with Gasteiger partial charge >= 0.3 is 6.03 Å². The fourth-order valence-corrected chi connectivity index (χ4v) is 3.41. The van der Waals surface area contributed by atoms with E-state index in [0.29, 0.717) is 17.9 Å². The second-order valence-corrected chi connectivity index (χ2v) is 7.53. The minimum Gasteiger partial charge on any atom is -0.489 e. The van der Waals surface area contributed by atoms with Crippen LogP contribution in [-0.2, 0) is 11.2 Å². The molecule has 8 nitrogen and oxygen atoms in total. The molecular weight excluding hydrogens is 438 g/mol. The van der Waals surface area contributed by atoms with Gasteiger partial charge in [-0.25, -0.2) is 4.79 Å². The second kappa shape index (κ2) is 8.04. The first-order valence-corrected chi connectivity index (χ1v) is 9.75. The van der Waals surface area contributed by atoms with Crippen molar-refractivity contribution in [3.05, 3.63) is 70.7 Å². The van der Waals surface area contributed by atoms with E-state index in [4.69, 9.17) is 4.74 Å². The van der Waals surface area contributed by atoms with Crippen LogP contribution in [0.1, 0.15) is 11.3 Å². The third-order valence-electron chi connectivity index (χ3n) is 4.57. The van der Waals surface area contributed by atoms with Gasteiger partial charge in [-0.2, -0.15) is 9.78 Å². The van der Waals surface area contributed by atoms with Crippen LogP contribution in [-0.4, -0.2) is 46.4 Å². The van der Waals surface area contributed by atoms with E-state index in [1.807, 2.05) is 24.3 Å². The number of ether oxygens (including phenoxy) is 1. The molecule has 1 N–H and O–H groups in total. The zero-order valence-electron chi connectivity index (χ0n) is 15.6. The van der Waals surface area contributed by atoms with Crippen molar-refractivity contribution in [2.45, 2.75) is 12.5 Å². The highest BCUT2D eigenvalue weighted by Crippen LogP contribution is 2.33. The lowest BCUT2D eigenvalue weighted by Crippen LogP contribution is -2.50. The van der Waals surface area contributed by atoms with Crippen molar-refractivity contribution in [1.82, 2.24) is 20.1 Å². The van der Waals surface area contributed by atoms with E-state index in [9.17, 15) is 9.59 Å². The molecule has 1 aliphatic rings. The van der Waals surface area contributed by atoms with Gasteiger partial charge in [0, 0.05) is 36.0 Å². The van der Waals surface area contributed by atoms with Crippen LogP contribution < -0.4 is 15.0 Å². The lowest BCUT2D eigenvalue weighted by molar-refractivity contribution is -0.120. The molecule has 29 heavy (non-hydrogen) atoms. The van der Waals surface area contributed by atoms with Gasteiger partial charge in [0.1, 0.15) is 18.4 Å². The third-order valence-corrected chi connectivity index (χ3v) is 5.06. The number of rotatable bonds is 3. The number of carbonyl (C=O) groups is 2. The van der Waals surface area contributed by atoms with Crippen LogP contribution in [0.2, 0.25) is 0 Å². The van der Waals surface area contributed by atoms with Crippen molar-refractivity contribution >= 4 is 33.6 Å². The van der Waals surface area contributed by atoms with Gasteiger partial charge in [-0.1, -0.05) is 22.0 Å². The highest BCUT2D eigenvalue weighted by Gasteiger charge is 2.31. The van der Waals surface area contributed by atoms with Gasteiger partial charge in [-0.3, -0.25) is 9.78 Å². The standard InChI is InChI=1S/C20H18BrN5O3/c1-25-17-9-14(21)5-6-18(17)29-12-16(19(25)27)24-20(28)26-11-13(10-23-26)8-15-4-2-3-7-22-15/h2-7,9-11,16H,8,12H2,1H3,(H,24,28). The molecule has 9 heteroatoms. The van der Waals surface area contributed by atoms with Gasteiger partial charge in [-0.05, 0) is 35.9 Å². The number of halogens is 1. The number of aromatic nitrogens is 3. The molecule has 0 aliphatic carbocycles. The van der Waals surface area contributed by atoms with Gasteiger partial charge in [0.2, 0.25) is 0 Å². The molecule has 1 unspecified atom stereocenters. The summed E-state index contributed by atoms with van der Waals surface area (Å²) in [6.07, 6.45) is 5.52. The Morgan fingerprint density at radius 3 is 3.00 bits per heavy atom. The highest BCUT2D eigenvalue weighted by atomic mass is 79.9. The number of amides is 2. The minimum absolute atomic E-state index is 0.0333. The number of likely N-dealkylation sites (N-methyl/N-ethyl adjacent to an activating group) is 1. The van der Waals surface area contributed by atoms with E-state index in [1.165, 1.54) is 9.58 Å². The summed E-state index contributed by atoms with van der Waals surface area (Å²) in [7, 11) is 1.65. The molecule has 0 radical (unpaired) electrons. The van der Waals surface area contributed by atoms with Crippen LogP contribution >= 0.6 is 15.9 Å². The molecule has 0 saturated heterocycles. The van der Waals surface area contributed by atoms with E-state index in [2.05, 4.69) is 31.3 Å². The maximum absolute atomic E-state index is 12.8. The normalized spacial score (nSPS) is 16.0. The Bertz CT molecular complexity index is 1050. The van der Waals surface area contributed by atoms with Crippen LogP contribution in [0.15, 0.2) is 59.5 Å². The Morgan fingerprint density at radius 1 is 1.34 bits per heavy atom. The number of hydrogen-bond donors (Lipinski definition) is 1. The summed E-state index contributed by atoms with van der Waals surface area (Å²) in [4.78, 5) is 31.2. The Kier molecular flexibility index (Phi) is 5.30. The van der Waals surface area contributed by atoms with Crippen molar-refractivity contribution in [3.63, 3.8) is 0 Å². The van der Waals surface area contributed by atoms with Crippen LogP contribution in [0.5, 0.6) is 5.75 Å². The molecule has 2 aromatic heterocycles. The molecule has 1 atom stereocenters. The van der Waals surface area contributed by atoms with E-state index < -0.39 is 12.1 Å². The van der Waals surface area contributed by atoms with E-state index in [0.717, 1.165) is 15.7 Å². The van der Waals surface area contributed by atoms with Crippen molar-refractivity contribution in [1.29, 1.82) is 0 Å². The summed E-state index contributed by atoms with van der Waals surface area (Å²) in [5, 5.41) is 6.80. The summed E-state index contributed by atoms with van der Waals surface area (Å²) in [5.41, 5.74) is 2.36. The van der Waals surface area contributed by atoms with Crippen molar-refractivity contribution in [2.75, 3.05) is 18.6 Å². The molecule has 1 aliphatic heterocycles. The van der Waals surface area contributed by atoms with Gasteiger partial charge in [-0.15, -0.1) is 0 Å². The monoisotopic (exact) mass is 455 g/mol. The fraction of sp³-hybridized carbons (Fsp3) is 0.200. The molecule has 0 bridgehead atoms. The van der Waals surface area contributed by atoms with Crippen molar-refractivity contribution in [2.24, 2.45) is 0 Å². The lowest BCUT2D eigenvalue weighted by Gasteiger charge is -2.20. The molecule has 3 aromatic rings. The molecule has 1 aromatic carbocycles.